The van der Waals surface area contributed by atoms with Crippen LogP contribution in [0.5, 0.6) is 5.75 Å². The molecule has 0 radical (unpaired) electrons. The summed E-state index contributed by atoms with van der Waals surface area (Å²) in [5.41, 5.74) is 5.67. The van der Waals surface area contributed by atoms with Gasteiger partial charge in [-0.1, -0.05) is 18.0 Å². The molecule has 2 rings (SSSR count). The summed E-state index contributed by atoms with van der Waals surface area (Å²) in [6.07, 6.45) is 5.92. The summed E-state index contributed by atoms with van der Waals surface area (Å²) in [7, 11) is 0. The number of rotatable bonds is 3. The minimum atomic E-state index is -0.502. The third kappa shape index (κ3) is 3.13. The summed E-state index contributed by atoms with van der Waals surface area (Å²) in [6, 6.07) is 4.99. The predicted octanol–water partition coefficient (Wildman–Crippen LogP) is 3.15. The lowest BCUT2D eigenvalue weighted by Gasteiger charge is -2.23. The van der Waals surface area contributed by atoms with Crippen molar-refractivity contribution in [3.8, 4) is 5.75 Å². The Kier molecular flexibility index (Phi) is 3.89. The van der Waals surface area contributed by atoms with Crippen LogP contribution in [0.3, 0.4) is 0 Å². The number of benzene rings is 1. The average molecular weight is 254 g/mol. The van der Waals surface area contributed by atoms with Crippen LogP contribution < -0.4 is 10.5 Å². The van der Waals surface area contributed by atoms with Gasteiger partial charge in [0.2, 0.25) is 0 Å². The zero-order valence-corrected chi connectivity index (χ0v) is 10.4. The van der Waals surface area contributed by atoms with E-state index in [1.807, 2.05) is 0 Å². The van der Waals surface area contributed by atoms with Crippen LogP contribution in [0.15, 0.2) is 18.2 Å². The molecule has 0 aromatic heterocycles. The van der Waals surface area contributed by atoms with E-state index < -0.39 is 5.91 Å². The number of ether oxygens (including phenoxy) is 1. The molecule has 1 aliphatic carbocycles. The Hall–Kier alpha value is -1.22. The molecular weight excluding hydrogens is 238 g/mol. The van der Waals surface area contributed by atoms with Crippen molar-refractivity contribution in [3.63, 3.8) is 0 Å². The third-order valence-corrected chi connectivity index (χ3v) is 3.29. The Balaban J connectivity index is 2.16. The van der Waals surface area contributed by atoms with Gasteiger partial charge in [0.15, 0.2) is 0 Å². The second-order valence-corrected chi connectivity index (χ2v) is 4.82. The number of carbonyl (C=O) groups excluding carboxylic acids is 1. The molecule has 0 spiro atoms. The lowest BCUT2D eigenvalue weighted by molar-refractivity contribution is 0.0988. The first-order chi connectivity index (χ1) is 8.16. The minimum absolute atomic E-state index is 0.197. The van der Waals surface area contributed by atoms with E-state index in [1.165, 1.54) is 19.3 Å². The second-order valence-electron chi connectivity index (χ2n) is 4.38. The fourth-order valence-electron chi connectivity index (χ4n) is 2.16. The number of amides is 1. The number of carbonyl (C=O) groups is 1. The van der Waals surface area contributed by atoms with Crippen LogP contribution in [-0.2, 0) is 0 Å². The van der Waals surface area contributed by atoms with Crippen molar-refractivity contribution in [1.82, 2.24) is 0 Å². The van der Waals surface area contributed by atoms with Gasteiger partial charge in [0.1, 0.15) is 5.75 Å². The van der Waals surface area contributed by atoms with E-state index in [4.69, 9.17) is 22.1 Å². The number of nitrogens with two attached hydrogens (primary N) is 1. The molecule has 3 nitrogen and oxygen atoms in total. The lowest BCUT2D eigenvalue weighted by atomic mass is 9.97. The van der Waals surface area contributed by atoms with Crippen molar-refractivity contribution in [3.05, 3.63) is 28.8 Å². The fraction of sp³-hybridized carbons (Fsp3) is 0.462. The molecule has 1 aromatic rings. The summed E-state index contributed by atoms with van der Waals surface area (Å²) >= 11 is 5.84. The zero-order valence-electron chi connectivity index (χ0n) is 9.62. The van der Waals surface area contributed by atoms with Gasteiger partial charge in [-0.05, 0) is 43.9 Å². The van der Waals surface area contributed by atoms with Gasteiger partial charge in [0.25, 0.3) is 5.91 Å². The molecule has 1 saturated carbocycles. The van der Waals surface area contributed by atoms with E-state index in [9.17, 15) is 4.79 Å². The molecule has 0 aliphatic heterocycles. The highest BCUT2D eigenvalue weighted by molar-refractivity contribution is 6.31. The molecule has 1 aliphatic rings. The lowest BCUT2D eigenvalue weighted by Crippen LogP contribution is -2.22. The maximum atomic E-state index is 11.3. The topological polar surface area (TPSA) is 52.3 Å². The number of hydrogen-bond acceptors (Lipinski definition) is 2. The molecule has 0 saturated heterocycles. The number of hydrogen-bond donors (Lipinski definition) is 1. The first kappa shape index (κ1) is 12.2. The van der Waals surface area contributed by atoms with Crippen LogP contribution in [-0.4, -0.2) is 12.0 Å². The van der Waals surface area contributed by atoms with Crippen LogP contribution in [0.4, 0.5) is 0 Å². The standard InChI is InChI=1S/C13H16ClNO2/c14-9-6-7-12(11(8-9)13(15)16)17-10-4-2-1-3-5-10/h6-8,10H,1-5H2,(H2,15,16). The van der Waals surface area contributed by atoms with E-state index in [2.05, 4.69) is 0 Å². The molecule has 4 heteroatoms. The molecule has 0 unspecified atom stereocenters. The second kappa shape index (κ2) is 5.41. The monoisotopic (exact) mass is 253 g/mol. The average Bonchev–Trinajstić information content (AvgIpc) is 2.32. The van der Waals surface area contributed by atoms with Gasteiger partial charge in [-0.25, -0.2) is 0 Å². The van der Waals surface area contributed by atoms with Gasteiger partial charge in [-0.3, -0.25) is 4.79 Å². The Bertz CT molecular complexity index is 414. The van der Waals surface area contributed by atoms with Crippen molar-refractivity contribution in [2.75, 3.05) is 0 Å². The van der Waals surface area contributed by atoms with Crippen molar-refractivity contribution in [2.45, 2.75) is 38.2 Å². The van der Waals surface area contributed by atoms with Crippen molar-refractivity contribution >= 4 is 17.5 Å². The van der Waals surface area contributed by atoms with E-state index >= 15 is 0 Å². The summed E-state index contributed by atoms with van der Waals surface area (Å²) in [4.78, 5) is 11.3. The van der Waals surface area contributed by atoms with Crippen molar-refractivity contribution < 1.29 is 9.53 Å². The normalized spacial score (nSPS) is 16.8. The van der Waals surface area contributed by atoms with E-state index in [0.29, 0.717) is 16.3 Å². The Labute approximate surface area is 106 Å². The van der Waals surface area contributed by atoms with E-state index in [1.54, 1.807) is 18.2 Å². The van der Waals surface area contributed by atoms with Gasteiger partial charge >= 0.3 is 0 Å². The van der Waals surface area contributed by atoms with E-state index in [-0.39, 0.29) is 6.10 Å². The first-order valence-electron chi connectivity index (χ1n) is 5.93. The quantitative estimate of drug-likeness (QED) is 0.900. The zero-order chi connectivity index (χ0) is 12.3. The van der Waals surface area contributed by atoms with Gasteiger partial charge in [0, 0.05) is 5.02 Å². The molecule has 1 amide bonds. The molecular formula is C13H16ClNO2. The molecule has 1 aromatic carbocycles. The number of halogens is 1. The molecule has 0 bridgehead atoms. The van der Waals surface area contributed by atoms with Gasteiger partial charge in [-0.15, -0.1) is 0 Å². The Morgan fingerprint density at radius 2 is 2.00 bits per heavy atom. The smallest absolute Gasteiger partial charge is 0.252 e. The molecule has 1 fully saturated rings. The highest BCUT2D eigenvalue weighted by Gasteiger charge is 2.18. The maximum Gasteiger partial charge on any atom is 0.252 e. The summed E-state index contributed by atoms with van der Waals surface area (Å²) in [6.45, 7) is 0. The predicted molar refractivity (Wildman–Crippen MR) is 67.5 cm³/mol. The van der Waals surface area contributed by atoms with Gasteiger partial charge in [0.05, 0.1) is 11.7 Å². The summed E-state index contributed by atoms with van der Waals surface area (Å²) in [5.74, 6) is 0.0482. The highest BCUT2D eigenvalue weighted by atomic mass is 35.5. The third-order valence-electron chi connectivity index (χ3n) is 3.05. The molecule has 0 heterocycles. The largest absolute Gasteiger partial charge is 0.490 e. The van der Waals surface area contributed by atoms with Crippen molar-refractivity contribution in [1.29, 1.82) is 0 Å². The van der Waals surface area contributed by atoms with Crippen LogP contribution in [0, 0.1) is 0 Å². The molecule has 17 heavy (non-hydrogen) atoms. The first-order valence-corrected chi connectivity index (χ1v) is 6.30. The van der Waals surface area contributed by atoms with Crippen LogP contribution in [0.2, 0.25) is 5.02 Å². The summed E-state index contributed by atoms with van der Waals surface area (Å²) < 4.78 is 5.84. The minimum Gasteiger partial charge on any atom is -0.490 e. The van der Waals surface area contributed by atoms with Crippen LogP contribution in [0.1, 0.15) is 42.5 Å². The molecule has 0 atom stereocenters. The Morgan fingerprint density at radius 3 is 2.65 bits per heavy atom. The number of primary amides is 1. The van der Waals surface area contributed by atoms with Gasteiger partial charge < -0.3 is 10.5 Å². The molecule has 2 N–H and O–H groups in total. The van der Waals surface area contributed by atoms with Gasteiger partial charge in [-0.2, -0.15) is 0 Å². The highest BCUT2D eigenvalue weighted by Crippen LogP contribution is 2.27. The Morgan fingerprint density at radius 1 is 1.29 bits per heavy atom. The van der Waals surface area contributed by atoms with E-state index in [0.717, 1.165) is 12.8 Å². The maximum absolute atomic E-state index is 11.3. The summed E-state index contributed by atoms with van der Waals surface area (Å²) in [5, 5.41) is 0.495. The van der Waals surface area contributed by atoms with Crippen LogP contribution >= 0.6 is 11.6 Å². The van der Waals surface area contributed by atoms with Crippen LogP contribution in [0.25, 0.3) is 0 Å². The SMILES string of the molecule is NC(=O)c1cc(Cl)ccc1OC1CCCCC1. The fourth-order valence-corrected chi connectivity index (χ4v) is 2.33. The van der Waals surface area contributed by atoms with Crippen molar-refractivity contribution in [2.24, 2.45) is 5.73 Å². The molecule has 92 valence electrons.